The first-order chi connectivity index (χ1) is 11.2. The van der Waals surface area contributed by atoms with Gasteiger partial charge in [-0.25, -0.2) is 0 Å². The van der Waals surface area contributed by atoms with Crippen molar-refractivity contribution in [3.05, 3.63) is 47.2 Å². The van der Waals surface area contributed by atoms with Gasteiger partial charge in [0.25, 0.3) is 0 Å². The normalized spacial score (nSPS) is 15.8. The van der Waals surface area contributed by atoms with Crippen LogP contribution in [0.1, 0.15) is 41.6 Å². The molecule has 1 saturated heterocycles. The third-order valence-electron chi connectivity index (χ3n) is 4.22. The van der Waals surface area contributed by atoms with Gasteiger partial charge in [0.2, 0.25) is 0 Å². The average molecular weight is 316 g/mol. The Morgan fingerprint density at radius 1 is 1.26 bits per heavy atom. The lowest BCUT2D eigenvalue weighted by Gasteiger charge is -2.17. The minimum absolute atomic E-state index is 0.0200. The number of rotatable bonds is 9. The predicted octanol–water partition coefficient (Wildman–Crippen LogP) is 2.52. The van der Waals surface area contributed by atoms with E-state index >= 15 is 0 Å². The Labute approximate surface area is 139 Å². The molecule has 1 aromatic rings. The molecule has 1 aromatic carbocycles. The van der Waals surface area contributed by atoms with Gasteiger partial charge in [0, 0.05) is 37.0 Å². The Balaban J connectivity index is 1.91. The molecule has 126 valence electrons. The van der Waals surface area contributed by atoms with Gasteiger partial charge in [-0.15, -0.1) is 0 Å². The number of hydrogen-bond donors (Lipinski definition) is 2. The summed E-state index contributed by atoms with van der Waals surface area (Å²) in [6.07, 6.45) is 5.64. The number of allylic oxidation sites excluding steroid dienone is 2. The highest BCUT2D eigenvalue weighted by atomic mass is 16.2. The summed E-state index contributed by atoms with van der Waals surface area (Å²) >= 11 is 0. The van der Waals surface area contributed by atoms with Crippen LogP contribution in [0.5, 0.6) is 0 Å². The standard InChI is InChI=1S/C19H28N2O2/c1-16-6-8-17(9-7-16)19(23)15-18(5-4-14-22)20-10-13-21-11-2-3-12-21/h6-9,15,20,22H,2-5,10-14H2,1H3/b18-15+. The Bertz CT molecular complexity index is 517. The van der Waals surface area contributed by atoms with Gasteiger partial charge >= 0.3 is 0 Å². The SMILES string of the molecule is Cc1ccc(C(=O)/C=C(\CCCO)NCCN2CCCC2)cc1. The number of aryl methyl sites for hydroxylation is 1. The topological polar surface area (TPSA) is 52.6 Å². The molecule has 0 saturated carbocycles. The van der Waals surface area contributed by atoms with Crippen molar-refractivity contribution in [1.82, 2.24) is 10.2 Å². The Kier molecular flexibility index (Phi) is 7.30. The summed E-state index contributed by atoms with van der Waals surface area (Å²) in [7, 11) is 0. The van der Waals surface area contributed by atoms with Crippen LogP contribution in [0.25, 0.3) is 0 Å². The number of nitrogens with one attached hydrogen (secondary N) is 1. The molecule has 0 amide bonds. The quantitative estimate of drug-likeness (QED) is 0.543. The molecule has 0 aromatic heterocycles. The highest BCUT2D eigenvalue weighted by molar-refractivity contribution is 6.04. The maximum atomic E-state index is 12.4. The first-order valence-corrected chi connectivity index (χ1v) is 8.57. The smallest absolute Gasteiger partial charge is 0.187 e. The zero-order chi connectivity index (χ0) is 16.5. The van der Waals surface area contributed by atoms with Crippen LogP contribution in [0.2, 0.25) is 0 Å². The zero-order valence-electron chi connectivity index (χ0n) is 14.1. The molecule has 0 spiro atoms. The number of carbonyl (C=O) groups is 1. The number of benzene rings is 1. The van der Waals surface area contributed by atoms with E-state index in [9.17, 15) is 4.79 Å². The van der Waals surface area contributed by atoms with Crippen molar-refractivity contribution in [3.8, 4) is 0 Å². The Morgan fingerprint density at radius 2 is 1.96 bits per heavy atom. The van der Waals surface area contributed by atoms with Crippen LogP contribution in [0.4, 0.5) is 0 Å². The molecule has 0 radical (unpaired) electrons. The van der Waals surface area contributed by atoms with E-state index in [-0.39, 0.29) is 12.4 Å². The van der Waals surface area contributed by atoms with Crippen LogP contribution in [-0.2, 0) is 0 Å². The van der Waals surface area contributed by atoms with Crippen LogP contribution >= 0.6 is 0 Å². The van der Waals surface area contributed by atoms with Crippen molar-refractivity contribution in [2.75, 3.05) is 32.8 Å². The Hall–Kier alpha value is -1.65. The van der Waals surface area contributed by atoms with Gasteiger partial charge in [-0.1, -0.05) is 29.8 Å². The van der Waals surface area contributed by atoms with Gasteiger partial charge < -0.3 is 15.3 Å². The minimum atomic E-state index is 0.0200. The van der Waals surface area contributed by atoms with E-state index in [4.69, 9.17) is 5.11 Å². The highest BCUT2D eigenvalue weighted by Crippen LogP contribution is 2.09. The molecular weight excluding hydrogens is 288 g/mol. The number of aliphatic hydroxyl groups is 1. The van der Waals surface area contributed by atoms with E-state index in [2.05, 4.69) is 10.2 Å². The molecule has 4 nitrogen and oxygen atoms in total. The van der Waals surface area contributed by atoms with Crippen LogP contribution in [0.15, 0.2) is 36.0 Å². The molecule has 1 aliphatic heterocycles. The summed E-state index contributed by atoms with van der Waals surface area (Å²) in [5, 5.41) is 12.4. The molecule has 1 aliphatic rings. The van der Waals surface area contributed by atoms with Crippen molar-refractivity contribution < 1.29 is 9.90 Å². The van der Waals surface area contributed by atoms with Gasteiger partial charge in [0.15, 0.2) is 5.78 Å². The number of ketones is 1. The van der Waals surface area contributed by atoms with Crippen molar-refractivity contribution in [2.45, 2.75) is 32.6 Å². The Morgan fingerprint density at radius 3 is 2.61 bits per heavy atom. The van der Waals surface area contributed by atoms with E-state index in [0.717, 1.165) is 24.4 Å². The number of likely N-dealkylation sites (tertiary alicyclic amines) is 1. The molecule has 23 heavy (non-hydrogen) atoms. The maximum Gasteiger partial charge on any atom is 0.187 e. The lowest BCUT2D eigenvalue weighted by atomic mass is 10.1. The molecule has 0 unspecified atom stereocenters. The van der Waals surface area contributed by atoms with Gasteiger partial charge in [-0.05, 0) is 45.7 Å². The second-order valence-electron chi connectivity index (χ2n) is 6.20. The van der Waals surface area contributed by atoms with Crippen LogP contribution in [-0.4, -0.2) is 48.6 Å². The summed E-state index contributed by atoms with van der Waals surface area (Å²) < 4.78 is 0. The van der Waals surface area contributed by atoms with Crippen molar-refractivity contribution in [3.63, 3.8) is 0 Å². The predicted molar refractivity (Wildman–Crippen MR) is 93.6 cm³/mol. The fraction of sp³-hybridized carbons (Fsp3) is 0.526. The molecule has 2 rings (SSSR count). The summed E-state index contributed by atoms with van der Waals surface area (Å²) in [6.45, 7) is 6.37. The van der Waals surface area contributed by atoms with E-state index < -0.39 is 0 Å². The molecular formula is C19H28N2O2. The first kappa shape index (κ1) is 17.7. The maximum absolute atomic E-state index is 12.4. The fourth-order valence-electron chi connectivity index (χ4n) is 2.82. The first-order valence-electron chi connectivity index (χ1n) is 8.57. The van der Waals surface area contributed by atoms with Crippen LogP contribution < -0.4 is 5.32 Å². The van der Waals surface area contributed by atoms with Gasteiger partial charge in [0.05, 0.1) is 0 Å². The number of nitrogens with zero attached hydrogens (tertiary/aromatic N) is 1. The van der Waals surface area contributed by atoms with E-state index in [1.807, 2.05) is 31.2 Å². The van der Waals surface area contributed by atoms with Crippen LogP contribution in [0, 0.1) is 6.92 Å². The number of aliphatic hydroxyl groups excluding tert-OH is 1. The van der Waals surface area contributed by atoms with Crippen molar-refractivity contribution in [1.29, 1.82) is 0 Å². The monoisotopic (exact) mass is 316 g/mol. The third-order valence-corrected chi connectivity index (χ3v) is 4.22. The van der Waals surface area contributed by atoms with E-state index in [0.29, 0.717) is 18.4 Å². The van der Waals surface area contributed by atoms with Crippen molar-refractivity contribution in [2.24, 2.45) is 0 Å². The summed E-state index contributed by atoms with van der Waals surface area (Å²) in [4.78, 5) is 14.8. The fourth-order valence-corrected chi connectivity index (χ4v) is 2.82. The molecule has 2 N–H and O–H groups in total. The average Bonchev–Trinajstić information content (AvgIpc) is 3.06. The van der Waals surface area contributed by atoms with Crippen LogP contribution in [0.3, 0.4) is 0 Å². The molecule has 0 aliphatic carbocycles. The summed E-state index contributed by atoms with van der Waals surface area (Å²) in [5.41, 5.74) is 2.78. The zero-order valence-corrected chi connectivity index (χ0v) is 14.1. The van der Waals surface area contributed by atoms with Gasteiger partial charge in [0.1, 0.15) is 0 Å². The van der Waals surface area contributed by atoms with Crippen molar-refractivity contribution >= 4 is 5.78 Å². The lowest BCUT2D eigenvalue weighted by Crippen LogP contribution is -2.30. The largest absolute Gasteiger partial charge is 0.396 e. The second-order valence-corrected chi connectivity index (χ2v) is 6.20. The van der Waals surface area contributed by atoms with E-state index in [1.54, 1.807) is 6.08 Å². The van der Waals surface area contributed by atoms with Gasteiger partial charge in [-0.2, -0.15) is 0 Å². The highest BCUT2D eigenvalue weighted by Gasteiger charge is 2.11. The second kappa shape index (κ2) is 9.48. The minimum Gasteiger partial charge on any atom is -0.396 e. The molecule has 0 bridgehead atoms. The molecule has 0 atom stereocenters. The van der Waals surface area contributed by atoms with E-state index in [1.165, 1.54) is 25.9 Å². The lowest BCUT2D eigenvalue weighted by molar-refractivity contribution is 0.104. The molecule has 1 fully saturated rings. The van der Waals surface area contributed by atoms with Gasteiger partial charge in [-0.3, -0.25) is 4.79 Å². The third kappa shape index (κ3) is 6.16. The molecule has 4 heteroatoms. The summed E-state index contributed by atoms with van der Waals surface area (Å²) in [5.74, 6) is 0.0200. The number of hydrogen-bond acceptors (Lipinski definition) is 4. The number of carbonyl (C=O) groups excluding carboxylic acids is 1. The molecule has 1 heterocycles. The summed E-state index contributed by atoms with van der Waals surface area (Å²) in [6, 6.07) is 7.63.